The highest BCUT2D eigenvalue weighted by Gasteiger charge is 2.88. The summed E-state index contributed by atoms with van der Waals surface area (Å²) < 4.78 is 0. The van der Waals surface area contributed by atoms with Crippen molar-refractivity contribution >= 4 is 0 Å². The third-order valence-electron chi connectivity index (χ3n) is 9.48. The third kappa shape index (κ3) is 1.74. The molecule has 3 saturated carbocycles. The van der Waals surface area contributed by atoms with E-state index in [1.165, 1.54) is 0 Å². The summed E-state index contributed by atoms with van der Waals surface area (Å²) in [6, 6.07) is 4.35. The average Bonchev–Trinajstić information content (AvgIpc) is 2.86. The molecule has 6 atom stereocenters. The SMILES string of the molecule is CC(C)N1[C@@H]2C3C4C5C3[C@H]3[C@@H]2[C@H]([C@@H]5N(C(C)C)N3C(C)(C)C)[C@H]4N1C(C)(C)C. The molecule has 6 fully saturated rings. The molecule has 6 rings (SSSR count). The fraction of sp³-hybridized carbons (Fsp3) is 1.00. The van der Waals surface area contributed by atoms with Gasteiger partial charge in [-0.1, -0.05) is 0 Å². The topological polar surface area (TPSA) is 13.0 Å². The zero-order chi connectivity index (χ0) is 20.2. The Morgan fingerprint density at radius 2 is 0.750 bits per heavy atom. The number of rotatable bonds is 2. The van der Waals surface area contributed by atoms with Crippen LogP contribution in [0.1, 0.15) is 69.2 Å². The van der Waals surface area contributed by atoms with Crippen LogP contribution in [0.5, 0.6) is 0 Å². The first-order valence-electron chi connectivity index (χ1n) is 12.0. The molecule has 3 saturated heterocycles. The first kappa shape index (κ1) is 18.6. The normalized spacial score (nSPS) is 52.7. The van der Waals surface area contributed by atoms with Crippen molar-refractivity contribution in [3.05, 3.63) is 0 Å². The molecule has 3 heterocycles. The van der Waals surface area contributed by atoms with E-state index in [2.05, 4.69) is 89.3 Å². The lowest BCUT2D eigenvalue weighted by Gasteiger charge is -2.68. The minimum Gasteiger partial charge on any atom is -0.235 e. The Kier molecular flexibility index (Phi) is 3.32. The Bertz CT molecular complexity index is 634. The van der Waals surface area contributed by atoms with Gasteiger partial charge in [0, 0.05) is 47.3 Å². The van der Waals surface area contributed by atoms with Gasteiger partial charge in [-0.2, -0.15) is 0 Å². The van der Waals surface area contributed by atoms with Crippen molar-refractivity contribution in [2.75, 3.05) is 0 Å². The molecule has 28 heavy (non-hydrogen) atoms. The van der Waals surface area contributed by atoms with Crippen LogP contribution >= 0.6 is 0 Å². The quantitative estimate of drug-likeness (QED) is 0.717. The molecule has 158 valence electrons. The lowest BCUT2D eigenvalue weighted by Crippen LogP contribution is -2.79. The van der Waals surface area contributed by atoms with E-state index in [4.69, 9.17) is 0 Å². The molecule has 0 amide bonds. The largest absolute Gasteiger partial charge is 0.235 e. The molecule has 4 nitrogen and oxygen atoms in total. The van der Waals surface area contributed by atoms with Crippen LogP contribution < -0.4 is 0 Å². The average molecular weight is 387 g/mol. The third-order valence-corrected chi connectivity index (χ3v) is 9.48. The van der Waals surface area contributed by atoms with Gasteiger partial charge in [-0.3, -0.25) is 0 Å². The van der Waals surface area contributed by atoms with Crippen LogP contribution in [0, 0.1) is 35.5 Å². The summed E-state index contributed by atoms with van der Waals surface area (Å²) in [6.45, 7) is 24.5. The molecule has 0 aromatic carbocycles. The van der Waals surface area contributed by atoms with Crippen molar-refractivity contribution < 1.29 is 0 Å². The van der Waals surface area contributed by atoms with E-state index in [1.807, 2.05) is 0 Å². The Hall–Kier alpha value is -0.160. The summed E-state index contributed by atoms with van der Waals surface area (Å²) in [4.78, 5) is 0. The maximum absolute atomic E-state index is 2.90. The van der Waals surface area contributed by atoms with Crippen LogP contribution in [0.25, 0.3) is 0 Å². The van der Waals surface area contributed by atoms with E-state index < -0.39 is 0 Å². The summed E-state index contributed by atoms with van der Waals surface area (Å²) in [5, 5.41) is 11.6. The second-order valence-electron chi connectivity index (χ2n) is 13.4. The number of hydrazine groups is 2. The highest BCUT2D eigenvalue weighted by Crippen LogP contribution is 2.81. The van der Waals surface area contributed by atoms with Gasteiger partial charge in [0.25, 0.3) is 0 Å². The van der Waals surface area contributed by atoms with Gasteiger partial charge in [-0.05, 0) is 105 Å². The zero-order valence-electron chi connectivity index (χ0n) is 19.7. The Balaban J connectivity index is 1.52. The van der Waals surface area contributed by atoms with E-state index in [9.17, 15) is 0 Å². The van der Waals surface area contributed by atoms with Gasteiger partial charge in [0.1, 0.15) is 0 Å². The number of hydrogen-bond acceptors (Lipinski definition) is 4. The van der Waals surface area contributed by atoms with E-state index in [0.717, 1.165) is 59.7 Å². The van der Waals surface area contributed by atoms with Gasteiger partial charge in [0.05, 0.1) is 0 Å². The molecule has 6 aliphatic rings. The molecule has 0 N–H and O–H groups in total. The molecule has 4 heteroatoms. The Labute approximate surface area is 172 Å². The summed E-state index contributed by atoms with van der Waals surface area (Å²) in [5.41, 5.74) is 0.439. The summed E-state index contributed by atoms with van der Waals surface area (Å²) in [5.74, 6) is 5.62. The van der Waals surface area contributed by atoms with Gasteiger partial charge in [0.15, 0.2) is 0 Å². The van der Waals surface area contributed by atoms with Crippen LogP contribution in [0.4, 0.5) is 0 Å². The number of hydrogen-bond donors (Lipinski definition) is 0. The van der Waals surface area contributed by atoms with Crippen molar-refractivity contribution in [2.45, 2.75) is 117 Å². The lowest BCUT2D eigenvalue weighted by molar-refractivity contribution is -0.296. The van der Waals surface area contributed by atoms with Gasteiger partial charge >= 0.3 is 0 Å². The number of nitrogens with zero attached hydrogens (tertiary/aromatic N) is 4. The first-order valence-corrected chi connectivity index (χ1v) is 12.0. The molecule has 0 aromatic heterocycles. The molecule has 0 unspecified atom stereocenters. The lowest BCUT2D eigenvalue weighted by atomic mass is 9.54. The molecule has 3 aliphatic carbocycles. The predicted octanol–water partition coefficient (Wildman–Crippen LogP) is 3.69. The van der Waals surface area contributed by atoms with E-state index in [-0.39, 0.29) is 11.1 Å². The highest BCUT2D eigenvalue weighted by molar-refractivity contribution is 5.37. The maximum atomic E-state index is 2.90. The molecule has 2 bridgehead atoms. The Morgan fingerprint density at radius 3 is 1.00 bits per heavy atom. The highest BCUT2D eigenvalue weighted by atomic mass is 15.8. The van der Waals surface area contributed by atoms with E-state index in [0.29, 0.717) is 12.1 Å². The molecular formula is C24H42N4. The molecule has 0 spiro atoms. The van der Waals surface area contributed by atoms with Crippen molar-refractivity contribution in [3.8, 4) is 0 Å². The van der Waals surface area contributed by atoms with Gasteiger partial charge < -0.3 is 0 Å². The second-order valence-corrected chi connectivity index (χ2v) is 13.4. The van der Waals surface area contributed by atoms with Crippen LogP contribution in [-0.4, -0.2) is 67.4 Å². The van der Waals surface area contributed by atoms with Crippen molar-refractivity contribution in [1.82, 2.24) is 20.0 Å². The minimum atomic E-state index is 0.220. The van der Waals surface area contributed by atoms with Crippen molar-refractivity contribution in [3.63, 3.8) is 0 Å². The number of fused-ring (bicyclic) bond motifs is 4. The summed E-state index contributed by atoms with van der Waals surface area (Å²) in [7, 11) is 0. The van der Waals surface area contributed by atoms with Gasteiger partial charge in [-0.15, -0.1) is 0 Å². The van der Waals surface area contributed by atoms with E-state index in [1.54, 1.807) is 0 Å². The second kappa shape index (κ2) is 5.00. The van der Waals surface area contributed by atoms with Crippen LogP contribution in [0.15, 0.2) is 0 Å². The minimum absolute atomic E-state index is 0.220. The summed E-state index contributed by atoms with van der Waals surface area (Å²) >= 11 is 0. The van der Waals surface area contributed by atoms with Crippen LogP contribution in [0.2, 0.25) is 0 Å². The predicted molar refractivity (Wildman–Crippen MR) is 113 cm³/mol. The molecule has 3 aliphatic heterocycles. The van der Waals surface area contributed by atoms with Crippen LogP contribution in [-0.2, 0) is 0 Å². The standard InChI is InChI=1S/C24H42N4/c1-11(2)25-19-13-15-14-16(13)22-17(19)18(21(15)27(25)23(5,6)7)20(14)26(12(3)4)28(22)24(8,9)10/h11-22H,1-10H3/t13?,14?,15?,16?,17-,18-,19-,20-,21+,22+/m1/s1. The molecule has 0 aromatic rings. The summed E-state index contributed by atoms with van der Waals surface area (Å²) in [6.07, 6.45) is 0. The smallest absolute Gasteiger partial charge is 0.0334 e. The Morgan fingerprint density at radius 1 is 0.464 bits per heavy atom. The maximum Gasteiger partial charge on any atom is 0.0334 e. The van der Waals surface area contributed by atoms with Crippen LogP contribution in [0.3, 0.4) is 0 Å². The first-order chi connectivity index (χ1) is 12.9. The molecule has 0 radical (unpaired) electrons. The zero-order valence-corrected chi connectivity index (χ0v) is 19.7. The van der Waals surface area contributed by atoms with Gasteiger partial charge in [-0.25, -0.2) is 20.0 Å². The molecular weight excluding hydrogens is 344 g/mol. The van der Waals surface area contributed by atoms with Gasteiger partial charge in [0.2, 0.25) is 0 Å². The van der Waals surface area contributed by atoms with Crippen molar-refractivity contribution in [2.24, 2.45) is 35.5 Å². The fourth-order valence-electron chi connectivity index (χ4n) is 9.77. The fourth-order valence-corrected chi connectivity index (χ4v) is 9.77. The van der Waals surface area contributed by atoms with Crippen molar-refractivity contribution in [1.29, 1.82) is 0 Å². The van der Waals surface area contributed by atoms with E-state index >= 15 is 0 Å². The monoisotopic (exact) mass is 386 g/mol.